The molecule has 0 amide bonds. The van der Waals surface area contributed by atoms with Gasteiger partial charge in [0, 0.05) is 5.69 Å². The van der Waals surface area contributed by atoms with E-state index >= 15 is 0 Å². The monoisotopic (exact) mass is 332 g/mol. The highest BCUT2D eigenvalue weighted by atomic mass is 32.2. The van der Waals surface area contributed by atoms with E-state index < -0.39 is 24.9 Å². The number of fused-ring (bicyclic) bond motifs is 1. The van der Waals surface area contributed by atoms with E-state index in [0.717, 1.165) is 11.3 Å². The molecule has 1 aromatic carbocycles. The SMILES string of the molecule is Nc1ccc2nc(S(=O)(=O)C3CCS(=O)(=O)C3)sc2c1. The summed E-state index contributed by atoms with van der Waals surface area (Å²) >= 11 is 1.03. The van der Waals surface area contributed by atoms with Gasteiger partial charge in [-0.1, -0.05) is 0 Å². The van der Waals surface area contributed by atoms with Crippen LogP contribution in [-0.4, -0.2) is 38.6 Å². The second kappa shape index (κ2) is 4.40. The predicted octanol–water partition coefficient (Wildman–Crippen LogP) is 0.839. The van der Waals surface area contributed by atoms with Gasteiger partial charge in [0.15, 0.2) is 9.84 Å². The molecule has 9 heteroatoms. The van der Waals surface area contributed by atoms with Crippen molar-refractivity contribution in [3.8, 4) is 0 Å². The molecule has 1 aromatic heterocycles. The van der Waals surface area contributed by atoms with Gasteiger partial charge < -0.3 is 5.73 Å². The van der Waals surface area contributed by atoms with Crippen LogP contribution >= 0.6 is 11.3 Å². The Balaban J connectivity index is 2.05. The molecule has 0 bridgehead atoms. The van der Waals surface area contributed by atoms with E-state index in [0.29, 0.717) is 15.9 Å². The molecule has 1 saturated heterocycles. The molecule has 1 unspecified atom stereocenters. The van der Waals surface area contributed by atoms with Crippen molar-refractivity contribution in [2.24, 2.45) is 0 Å². The third-order valence-electron chi connectivity index (χ3n) is 3.27. The first kappa shape index (κ1) is 13.8. The summed E-state index contributed by atoms with van der Waals surface area (Å²) in [5.74, 6) is -0.387. The number of aromatic nitrogens is 1. The van der Waals surface area contributed by atoms with Crippen LogP contribution in [0.2, 0.25) is 0 Å². The molecule has 3 rings (SSSR count). The third-order valence-corrected chi connectivity index (χ3v) is 8.86. The predicted molar refractivity (Wildman–Crippen MR) is 78.3 cm³/mol. The fourth-order valence-corrected chi connectivity index (χ4v) is 8.05. The van der Waals surface area contributed by atoms with Gasteiger partial charge in [0.2, 0.25) is 14.2 Å². The Morgan fingerprint density at radius 1 is 1.35 bits per heavy atom. The highest BCUT2D eigenvalue weighted by Crippen LogP contribution is 2.32. The highest BCUT2D eigenvalue weighted by Gasteiger charge is 2.39. The zero-order valence-corrected chi connectivity index (χ0v) is 12.8. The van der Waals surface area contributed by atoms with Crippen molar-refractivity contribution in [2.45, 2.75) is 16.0 Å². The Morgan fingerprint density at radius 3 is 2.75 bits per heavy atom. The number of anilines is 1. The fourth-order valence-electron chi connectivity index (χ4n) is 2.19. The largest absolute Gasteiger partial charge is 0.399 e. The Kier molecular flexibility index (Phi) is 3.03. The van der Waals surface area contributed by atoms with Crippen LogP contribution in [0.5, 0.6) is 0 Å². The molecule has 2 N–H and O–H groups in total. The van der Waals surface area contributed by atoms with Crippen LogP contribution in [0.1, 0.15) is 6.42 Å². The van der Waals surface area contributed by atoms with Crippen LogP contribution in [0.25, 0.3) is 10.2 Å². The molecule has 20 heavy (non-hydrogen) atoms. The number of nitrogens with zero attached hydrogens (tertiary/aromatic N) is 1. The summed E-state index contributed by atoms with van der Waals surface area (Å²) in [6.45, 7) is 0. The van der Waals surface area contributed by atoms with Gasteiger partial charge in [0.1, 0.15) is 0 Å². The van der Waals surface area contributed by atoms with Gasteiger partial charge in [0.05, 0.1) is 27.0 Å². The molecule has 0 saturated carbocycles. The second-order valence-electron chi connectivity index (χ2n) is 4.78. The first-order chi connectivity index (χ1) is 9.28. The number of thiazole rings is 1. The number of sulfone groups is 2. The minimum atomic E-state index is -3.70. The van der Waals surface area contributed by atoms with Crippen LogP contribution in [0.15, 0.2) is 22.5 Å². The van der Waals surface area contributed by atoms with Gasteiger partial charge >= 0.3 is 0 Å². The summed E-state index contributed by atoms with van der Waals surface area (Å²) in [5, 5.41) is -0.884. The summed E-state index contributed by atoms with van der Waals surface area (Å²) in [7, 11) is -6.94. The molecule has 1 fully saturated rings. The van der Waals surface area contributed by atoms with Crippen LogP contribution < -0.4 is 5.73 Å². The standard InChI is InChI=1S/C11H12N2O4S3/c12-7-1-2-9-10(5-7)18-11(13-9)20(16,17)8-3-4-19(14,15)6-8/h1-2,5,8H,3-4,6,12H2. The van der Waals surface area contributed by atoms with Gasteiger partial charge in [-0.25, -0.2) is 21.8 Å². The molecule has 0 spiro atoms. The van der Waals surface area contributed by atoms with Crippen molar-refractivity contribution in [1.82, 2.24) is 4.98 Å². The Bertz CT molecular complexity index is 884. The van der Waals surface area contributed by atoms with Crippen LogP contribution in [0.4, 0.5) is 5.69 Å². The summed E-state index contributed by atoms with van der Waals surface area (Å²) in [6, 6.07) is 4.97. The van der Waals surface area contributed by atoms with Crippen molar-refractivity contribution in [3.63, 3.8) is 0 Å². The van der Waals surface area contributed by atoms with Gasteiger partial charge in [-0.05, 0) is 24.6 Å². The number of rotatable bonds is 2. The molecule has 2 aromatic rings. The summed E-state index contributed by atoms with van der Waals surface area (Å²) in [5.41, 5.74) is 6.74. The number of nitrogens with two attached hydrogens (primary N) is 1. The van der Waals surface area contributed by atoms with Crippen molar-refractivity contribution in [2.75, 3.05) is 17.2 Å². The molecule has 1 atom stereocenters. The van der Waals surface area contributed by atoms with E-state index in [1.807, 2.05) is 0 Å². The molecule has 2 heterocycles. The third kappa shape index (κ3) is 2.29. The quantitative estimate of drug-likeness (QED) is 0.817. The van der Waals surface area contributed by atoms with E-state index in [2.05, 4.69) is 4.98 Å². The lowest BCUT2D eigenvalue weighted by molar-refractivity contribution is 0.582. The van der Waals surface area contributed by atoms with Crippen LogP contribution in [-0.2, 0) is 19.7 Å². The Morgan fingerprint density at radius 2 is 2.10 bits per heavy atom. The first-order valence-corrected chi connectivity index (χ1v) is 10.1. The molecule has 0 radical (unpaired) electrons. The van der Waals surface area contributed by atoms with E-state index in [1.54, 1.807) is 18.2 Å². The topological polar surface area (TPSA) is 107 Å². The number of hydrogen-bond donors (Lipinski definition) is 1. The Hall–Kier alpha value is -1.19. The average Bonchev–Trinajstić information content (AvgIpc) is 2.92. The number of nitrogen functional groups attached to an aromatic ring is 1. The summed E-state index contributed by atoms with van der Waals surface area (Å²) in [6.07, 6.45) is 0.142. The minimum absolute atomic E-state index is 0.0276. The lowest BCUT2D eigenvalue weighted by Gasteiger charge is -2.05. The number of hydrogen-bond acceptors (Lipinski definition) is 7. The second-order valence-corrected chi connectivity index (χ2v) is 10.4. The van der Waals surface area contributed by atoms with Crippen LogP contribution in [0, 0.1) is 0 Å². The van der Waals surface area contributed by atoms with E-state index in [1.165, 1.54) is 0 Å². The average molecular weight is 332 g/mol. The minimum Gasteiger partial charge on any atom is -0.399 e. The fraction of sp³-hybridized carbons (Fsp3) is 0.364. The maximum Gasteiger partial charge on any atom is 0.210 e. The molecular weight excluding hydrogens is 320 g/mol. The van der Waals surface area contributed by atoms with Gasteiger partial charge in [-0.15, -0.1) is 11.3 Å². The summed E-state index contributed by atoms with van der Waals surface area (Å²) in [4.78, 5) is 4.10. The Labute approximate surface area is 120 Å². The van der Waals surface area contributed by atoms with E-state index in [9.17, 15) is 16.8 Å². The molecular formula is C11H12N2O4S3. The zero-order valence-electron chi connectivity index (χ0n) is 10.3. The van der Waals surface area contributed by atoms with Gasteiger partial charge in [-0.3, -0.25) is 0 Å². The van der Waals surface area contributed by atoms with E-state index in [-0.39, 0.29) is 22.3 Å². The van der Waals surface area contributed by atoms with E-state index in [4.69, 9.17) is 5.73 Å². The first-order valence-electron chi connectivity index (χ1n) is 5.88. The molecule has 108 valence electrons. The van der Waals surface area contributed by atoms with Gasteiger partial charge in [0.25, 0.3) is 0 Å². The number of benzene rings is 1. The maximum absolute atomic E-state index is 12.4. The zero-order chi connectivity index (χ0) is 14.5. The van der Waals surface area contributed by atoms with Crippen molar-refractivity contribution < 1.29 is 16.8 Å². The maximum atomic E-state index is 12.4. The molecule has 0 aliphatic carbocycles. The van der Waals surface area contributed by atoms with Crippen molar-refractivity contribution in [3.05, 3.63) is 18.2 Å². The van der Waals surface area contributed by atoms with Gasteiger partial charge in [-0.2, -0.15) is 0 Å². The highest BCUT2D eigenvalue weighted by molar-refractivity contribution is 7.97. The lowest BCUT2D eigenvalue weighted by atomic mass is 10.3. The summed E-state index contributed by atoms with van der Waals surface area (Å²) < 4.78 is 48.4. The smallest absolute Gasteiger partial charge is 0.210 e. The lowest BCUT2D eigenvalue weighted by Crippen LogP contribution is -2.22. The normalized spacial score (nSPS) is 22.3. The molecule has 6 nitrogen and oxygen atoms in total. The van der Waals surface area contributed by atoms with Crippen molar-refractivity contribution in [1.29, 1.82) is 0 Å². The van der Waals surface area contributed by atoms with Crippen LogP contribution in [0.3, 0.4) is 0 Å². The van der Waals surface area contributed by atoms with Crippen molar-refractivity contribution >= 4 is 46.9 Å². The molecule has 1 aliphatic heterocycles. The molecule has 1 aliphatic rings.